The standard InChI is InChI=1S/C14H13ClN5OS.Al/c15-9-10-8-11-12(22-10)13(19-4-6-21-7-5-19)18-14(17-11)20-3-1-2-16-20;/h1,3,8H,4-7,9H2;. The van der Waals surface area contributed by atoms with E-state index in [9.17, 15) is 0 Å². The minimum Gasteiger partial charge on any atom is -0.378 e. The third-order valence-electron chi connectivity index (χ3n) is 3.65. The molecule has 2 radical (unpaired) electrons. The van der Waals surface area contributed by atoms with Crippen molar-refractivity contribution in [1.29, 1.82) is 0 Å². The number of thiophene rings is 1. The lowest BCUT2D eigenvalue weighted by molar-refractivity contribution is 0.122. The van der Waals surface area contributed by atoms with Crippen LogP contribution in [-0.4, -0.2) is 62.3 Å². The number of rotatable bonds is 3. The lowest BCUT2D eigenvalue weighted by Gasteiger charge is -2.28. The van der Waals surface area contributed by atoms with Gasteiger partial charge in [-0.2, -0.15) is 10.1 Å². The predicted octanol–water partition coefficient (Wildman–Crippen LogP) is 1.25. The van der Waals surface area contributed by atoms with Crippen LogP contribution in [0.5, 0.6) is 0 Å². The van der Waals surface area contributed by atoms with Crippen molar-refractivity contribution in [1.82, 2.24) is 19.7 Å². The Labute approximate surface area is 150 Å². The molecule has 0 saturated carbocycles. The second-order valence-corrected chi connectivity index (χ2v) is 7.19. The first kappa shape index (κ1) is 15.4. The molecule has 4 heterocycles. The maximum Gasteiger partial charge on any atom is 0.253 e. The lowest BCUT2D eigenvalue weighted by Crippen LogP contribution is -2.37. The summed E-state index contributed by atoms with van der Waals surface area (Å²) >= 11 is 10.2. The van der Waals surface area contributed by atoms with Gasteiger partial charge in [0.25, 0.3) is 5.95 Å². The minimum absolute atomic E-state index is 0.483. The summed E-state index contributed by atoms with van der Waals surface area (Å²) in [5, 5.41) is 4.39. The molecule has 6 nitrogen and oxygen atoms in total. The summed E-state index contributed by atoms with van der Waals surface area (Å²) in [6.45, 7) is 3.08. The monoisotopic (exact) mass is 361 g/mol. The molecule has 116 valence electrons. The number of halogens is 1. The average molecular weight is 362 g/mol. The molecule has 1 fully saturated rings. The first-order valence-electron chi connectivity index (χ1n) is 7.25. The second-order valence-electron chi connectivity index (χ2n) is 5.19. The van der Waals surface area contributed by atoms with Gasteiger partial charge in [-0.1, -0.05) is 0 Å². The maximum absolute atomic E-state index is 6.00. The molecule has 3 aromatic rings. The predicted molar refractivity (Wildman–Crippen MR) is 92.5 cm³/mol. The van der Waals surface area contributed by atoms with Crippen LogP contribution in [0.3, 0.4) is 0 Å². The van der Waals surface area contributed by atoms with Crippen molar-refractivity contribution >= 4 is 59.8 Å². The van der Waals surface area contributed by atoms with Crippen LogP contribution in [-0.2, 0) is 10.6 Å². The second kappa shape index (κ2) is 6.38. The van der Waals surface area contributed by atoms with Crippen LogP contribution in [0, 0.1) is 0 Å². The van der Waals surface area contributed by atoms with Gasteiger partial charge in [-0.15, -0.1) is 22.9 Å². The van der Waals surface area contributed by atoms with Crippen molar-refractivity contribution in [2.24, 2.45) is 0 Å². The van der Waals surface area contributed by atoms with Gasteiger partial charge in [-0.3, -0.25) is 0 Å². The summed E-state index contributed by atoms with van der Waals surface area (Å²) in [5.74, 6) is 2.00. The fourth-order valence-electron chi connectivity index (χ4n) is 2.56. The highest BCUT2D eigenvalue weighted by molar-refractivity contribution is 7.19. The molecule has 3 aromatic heterocycles. The number of fused-ring (bicyclic) bond motifs is 1. The van der Waals surface area contributed by atoms with Gasteiger partial charge in [-0.05, 0) is 16.7 Å². The molecule has 1 aliphatic heterocycles. The van der Waals surface area contributed by atoms with E-state index >= 15 is 0 Å². The Morgan fingerprint density at radius 2 is 2.13 bits per heavy atom. The number of hydrogen-bond donors (Lipinski definition) is 0. The zero-order valence-electron chi connectivity index (χ0n) is 12.3. The molecule has 0 spiro atoms. The Morgan fingerprint density at radius 1 is 1.30 bits per heavy atom. The Morgan fingerprint density at radius 3 is 2.83 bits per heavy atom. The van der Waals surface area contributed by atoms with E-state index in [1.54, 1.807) is 16.0 Å². The van der Waals surface area contributed by atoms with Crippen LogP contribution in [0.2, 0.25) is 0 Å². The quantitative estimate of drug-likeness (QED) is 0.519. The Balaban J connectivity index is 1.88. The first-order chi connectivity index (χ1) is 11.2. The van der Waals surface area contributed by atoms with Gasteiger partial charge in [0, 0.05) is 24.2 Å². The molecular weight excluding hydrogens is 349 g/mol. The maximum atomic E-state index is 6.00. The Bertz CT molecular complexity index is 845. The van der Waals surface area contributed by atoms with Gasteiger partial charge in [0.1, 0.15) is 0 Å². The van der Waals surface area contributed by atoms with E-state index in [0.717, 1.165) is 38.6 Å². The van der Waals surface area contributed by atoms with Crippen LogP contribution in [0.15, 0.2) is 18.3 Å². The van der Waals surface area contributed by atoms with Gasteiger partial charge in [0.2, 0.25) is 16.3 Å². The fraction of sp³-hybridized carbons (Fsp3) is 0.357. The number of alkyl halides is 1. The van der Waals surface area contributed by atoms with E-state index < -0.39 is 0 Å². The molecule has 9 heteroatoms. The smallest absolute Gasteiger partial charge is 0.253 e. The van der Waals surface area contributed by atoms with Crippen LogP contribution in [0.4, 0.5) is 5.82 Å². The summed E-state index contributed by atoms with van der Waals surface area (Å²) in [6.07, 6.45) is 1.86. The molecule has 1 saturated heterocycles. The van der Waals surface area contributed by atoms with Gasteiger partial charge in [-0.25, -0.2) is 9.67 Å². The summed E-state index contributed by atoms with van der Waals surface area (Å²) in [6, 6.07) is 3.94. The number of aromatic nitrogens is 4. The molecule has 23 heavy (non-hydrogen) atoms. The first-order valence-corrected chi connectivity index (χ1v) is 9.18. The molecule has 0 aliphatic carbocycles. The molecule has 4 rings (SSSR count). The van der Waals surface area contributed by atoms with E-state index in [2.05, 4.69) is 31.3 Å². The van der Waals surface area contributed by atoms with Gasteiger partial charge in [0.05, 0.1) is 29.3 Å². The molecule has 0 aromatic carbocycles. The molecule has 0 bridgehead atoms. The van der Waals surface area contributed by atoms with Crippen molar-refractivity contribution < 1.29 is 4.74 Å². The van der Waals surface area contributed by atoms with Crippen LogP contribution >= 0.6 is 22.9 Å². The third kappa shape index (κ3) is 2.98. The number of anilines is 1. The summed E-state index contributed by atoms with van der Waals surface area (Å²) in [7, 11) is 0. The van der Waals surface area contributed by atoms with Crippen LogP contribution in [0.25, 0.3) is 16.2 Å². The third-order valence-corrected chi connectivity index (χ3v) is 5.52. The molecular formula is C14H13AlClN5OS. The van der Waals surface area contributed by atoms with Crippen molar-refractivity contribution in [3.63, 3.8) is 0 Å². The van der Waals surface area contributed by atoms with E-state index in [0.29, 0.717) is 25.0 Å². The van der Waals surface area contributed by atoms with E-state index in [1.807, 2.05) is 18.3 Å². The lowest BCUT2D eigenvalue weighted by atomic mass is 10.3. The van der Waals surface area contributed by atoms with Crippen molar-refractivity contribution in [3.8, 4) is 5.95 Å². The number of hydrogen-bond acceptors (Lipinski definition) is 6. The summed E-state index contributed by atoms with van der Waals surface area (Å²) in [5.41, 5.74) is 0.915. The molecule has 0 amide bonds. The summed E-state index contributed by atoms with van der Waals surface area (Å²) in [4.78, 5) is 12.8. The van der Waals surface area contributed by atoms with Crippen LogP contribution < -0.4 is 9.46 Å². The highest BCUT2D eigenvalue weighted by Crippen LogP contribution is 2.33. The van der Waals surface area contributed by atoms with Crippen molar-refractivity contribution in [3.05, 3.63) is 23.2 Å². The summed E-state index contributed by atoms with van der Waals surface area (Å²) < 4.78 is 9.08. The largest absolute Gasteiger partial charge is 0.378 e. The molecule has 0 N–H and O–H groups in total. The van der Waals surface area contributed by atoms with Gasteiger partial charge >= 0.3 is 0 Å². The van der Waals surface area contributed by atoms with E-state index in [4.69, 9.17) is 21.3 Å². The molecule has 0 atom stereocenters. The SMILES string of the molecule is [Al][c]1ccn(-c2nc(N3CCOCC3)c3sc(CCl)cc3n2)n1. The van der Waals surface area contributed by atoms with Crippen LogP contribution in [0.1, 0.15) is 4.88 Å². The molecule has 0 unspecified atom stereocenters. The average Bonchev–Trinajstić information content (AvgIpc) is 3.20. The van der Waals surface area contributed by atoms with E-state index in [-0.39, 0.29) is 0 Å². The highest BCUT2D eigenvalue weighted by atomic mass is 35.5. The normalized spacial score (nSPS) is 15.4. The number of morpholine rings is 1. The van der Waals surface area contributed by atoms with Crippen molar-refractivity contribution in [2.45, 2.75) is 5.88 Å². The molecule has 1 aliphatic rings. The van der Waals surface area contributed by atoms with Gasteiger partial charge in [0.15, 0.2) is 5.82 Å². The van der Waals surface area contributed by atoms with Gasteiger partial charge < -0.3 is 9.64 Å². The topological polar surface area (TPSA) is 56.1 Å². The van der Waals surface area contributed by atoms with Crippen molar-refractivity contribution in [2.75, 3.05) is 31.2 Å². The zero-order valence-corrected chi connectivity index (χ0v) is 15.0. The number of ether oxygens (including phenoxy) is 1. The minimum atomic E-state index is 0.483. The Kier molecular flexibility index (Phi) is 4.26. The fourth-order valence-corrected chi connectivity index (χ4v) is 3.97. The van der Waals surface area contributed by atoms with E-state index in [1.165, 1.54) is 0 Å². The Hall–Kier alpha value is -1.17. The number of nitrogens with zero attached hydrogens (tertiary/aromatic N) is 5. The zero-order chi connectivity index (χ0) is 15.8. The highest BCUT2D eigenvalue weighted by Gasteiger charge is 2.20.